The Morgan fingerprint density at radius 3 is 2.94 bits per heavy atom. The molecule has 1 fully saturated rings. The number of hydrogen-bond acceptors (Lipinski definition) is 1. The van der Waals surface area contributed by atoms with Crippen LogP contribution < -0.4 is 5.32 Å². The van der Waals surface area contributed by atoms with E-state index >= 15 is 0 Å². The van der Waals surface area contributed by atoms with Gasteiger partial charge in [-0.05, 0) is 61.9 Å². The Hall–Kier alpha value is -0.960. The van der Waals surface area contributed by atoms with Crippen molar-refractivity contribution in [3.8, 4) is 0 Å². The molecule has 2 atom stereocenters. The number of aryl methyl sites for hydroxylation is 1. The van der Waals surface area contributed by atoms with Crippen LogP contribution in [0.1, 0.15) is 31.7 Å². The lowest BCUT2D eigenvalue weighted by Gasteiger charge is -2.28. The number of piperidine rings is 1. The van der Waals surface area contributed by atoms with Crippen molar-refractivity contribution in [2.24, 2.45) is 5.92 Å². The highest BCUT2D eigenvalue weighted by molar-refractivity contribution is 5.18. The monoisotopic (exact) mass is 239 g/mol. The maximum Gasteiger partial charge on any atom is 0.126 e. The molecule has 94 valence electrons. The minimum Gasteiger partial charge on any atom is -0.314 e. The summed E-state index contributed by atoms with van der Waals surface area (Å²) in [5, 5.41) is 3.44. The summed E-state index contributed by atoms with van der Waals surface area (Å²) >= 11 is 0. The van der Waals surface area contributed by atoms with Gasteiger partial charge >= 0.3 is 0 Å². The van der Waals surface area contributed by atoms with E-state index in [1.807, 2.05) is 0 Å². The van der Waals surface area contributed by atoms with Gasteiger partial charge in [-0.1, -0.05) is 6.92 Å². The molecule has 1 aromatic rings. The molecule has 0 aromatic heterocycles. The van der Waals surface area contributed by atoms with Gasteiger partial charge in [0.1, 0.15) is 11.6 Å². The van der Waals surface area contributed by atoms with Gasteiger partial charge in [0.15, 0.2) is 0 Å². The molecule has 1 aromatic carbocycles. The molecule has 1 nitrogen and oxygen atoms in total. The van der Waals surface area contributed by atoms with Gasteiger partial charge < -0.3 is 5.32 Å². The molecule has 0 radical (unpaired) electrons. The summed E-state index contributed by atoms with van der Waals surface area (Å²) in [7, 11) is 0. The van der Waals surface area contributed by atoms with Crippen LogP contribution in [-0.4, -0.2) is 12.6 Å². The molecule has 1 aliphatic rings. The Kier molecular flexibility index (Phi) is 4.11. The lowest BCUT2D eigenvalue weighted by Crippen LogP contribution is -2.37. The zero-order valence-corrected chi connectivity index (χ0v) is 10.2. The van der Waals surface area contributed by atoms with Crippen LogP contribution in [0.2, 0.25) is 0 Å². The summed E-state index contributed by atoms with van der Waals surface area (Å²) in [6.45, 7) is 3.29. The molecule has 0 amide bonds. The third-order valence-electron chi connectivity index (χ3n) is 3.53. The first-order valence-electron chi connectivity index (χ1n) is 6.32. The number of hydrogen-bond donors (Lipinski definition) is 1. The number of halogens is 2. The summed E-state index contributed by atoms with van der Waals surface area (Å²) in [6, 6.07) is 4.13. The molecule has 2 unspecified atom stereocenters. The Bertz CT molecular complexity index is 378. The second-order valence-corrected chi connectivity index (χ2v) is 5.06. The SMILES string of the molecule is CC1CCNC(CCc2cc(F)ccc2F)C1. The molecule has 17 heavy (non-hydrogen) atoms. The molecule has 1 heterocycles. The topological polar surface area (TPSA) is 12.0 Å². The van der Waals surface area contributed by atoms with Crippen molar-refractivity contribution in [1.82, 2.24) is 5.32 Å². The van der Waals surface area contributed by atoms with Gasteiger partial charge in [0, 0.05) is 6.04 Å². The number of benzene rings is 1. The van der Waals surface area contributed by atoms with E-state index in [-0.39, 0.29) is 11.6 Å². The molecule has 0 bridgehead atoms. The van der Waals surface area contributed by atoms with E-state index in [0.29, 0.717) is 18.0 Å². The van der Waals surface area contributed by atoms with Crippen LogP contribution in [-0.2, 0) is 6.42 Å². The summed E-state index contributed by atoms with van der Waals surface area (Å²) in [5.74, 6) is 0.0836. The largest absolute Gasteiger partial charge is 0.314 e. The van der Waals surface area contributed by atoms with E-state index in [1.54, 1.807) is 0 Å². The molecular formula is C14H19F2N. The first-order valence-corrected chi connectivity index (χ1v) is 6.32. The van der Waals surface area contributed by atoms with Crippen molar-refractivity contribution in [3.63, 3.8) is 0 Å². The van der Waals surface area contributed by atoms with Crippen LogP contribution in [0.15, 0.2) is 18.2 Å². The summed E-state index contributed by atoms with van der Waals surface area (Å²) in [6.07, 6.45) is 3.83. The Balaban J connectivity index is 1.90. The van der Waals surface area contributed by atoms with Crippen LogP contribution in [0.25, 0.3) is 0 Å². The van der Waals surface area contributed by atoms with Crippen LogP contribution in [0.4, 0.5) is 8.78 Å². The average molecular weight is 239 g/mol. The fourth-order valence-corrected chi connectivity index (χ4v) is 2.51. The smallest absolute Gasteiger partial charge is 0.126 e. The molecule has 1 saturated heterocycles. The standard InChI is InChI=1S/C14H19F2N/c1-10-6-7-17-13(8-10)4-2-11-9-12(15)3-5-14(11)16/h3,5,9-10,13,17H,2,4,6-8H2,1H3. The quantitative estimate of drug-likeness (QED) is 0.853. The predicted octanol–water partition coefficient (Wildman–Crippen LogP) is 3.29. The van der Waals surface area contributed by atoms with Gasteiger partial charge in [-0.25, -0.2) is 8.78 Å². The van der Waals surface area contributed by atoms with E-state index in [1.165, 1.54) is 24.6 Å². The lowest BCUT2D eigenvalue weighted by atomic mass is 9.91. The van der Waals surface area contributed by atoms with Crippen molar-refractivity contribution < 1.29 is 8.78 Å². The Labute approximate surface area is 101 Å². The normalized spacial score (nSPS) is 24.9. The van der Waals surface area contributed by atoms with Crippen LogP contribution in [0, 0.1) is 17.6 Å². The van der Waals surface area contributed by atoms with Crippen molar-refractivity contribution in [3.05, 3.63) is 35.4 Å². The van der Waals surface area contributed by atoms with Gasteiger partial charge in [-0.15, -0.1) is 0 Å². The highest BCUT2D eigenvalue weighted by atomic mass is 19.1. The van der Waals surface area contributed by atoms with E-state index in [0.717, 1.165) is 25.3 Å². The van der Waals surface area contributed by atoms with Crippen LogP contribution in [0.5, 0.6) is 0 Å². The predicted molar refractivity (Wildman–Crippen MR) is 64.9 cm³/mol. The second-order valence-electron chi connectivity index (χ2n) is 5.06. The Morgan fingerprint density at radius 1 is 1.35 bits per heavy atom. The van der Waals surface area contributed by atoms with Gasteiger partial charge in [-0.2, -0.15) is 0 Å². The van der Waals surface area contributed by atoms with E-state index < -0.39 is 0 Å². The minimum atomic E-state index is -0.355. The molecule has 3 heteroatoms. The molecular weight excluding hydrogens is 220 g/mol. The Morgan fingerprint density at radius 2 is 2.18 bits per heavy atom. The molecule has 0 aliphatic carbocycles. The maximum absolute atomic E-state index is 13.4. The van der Waals surface area contributed by atoms with Crippen molar-refractivity contribution in [2.45, 2.75) is 38.6 Å². The summed E-state index contributed by atoms with van der Waals surface area (Å²) < 4.78 is 26.4. The summed E-state index contributed by atoms with van der Waals surface area (Å²) in [4.78, 5) is 0. The van der Waals surface area contributed by atoms with Gasteiger partial charge in [0.05, 0.1) is 0 Å². The van der Waals surface area contributed by atoms with Gasteiger partial charge in [0.2, 0.25) is 0 Å². The van der Waals surface area contributed by atoms with E-state index in [9.17, 15) is 8.78 Å². The fraction of sp³-hybridized carbons (Fsp3) is 0.571. The van der Waals surface area contributed by atoms with E-state index in [2.05, 4.69) is 12.2 Å². The highest BCUT2D eigenvalue weighted by Crippen LogP contribution is 2.20. The molecule has 0 spiro atoms. The number of nitrogens with one attached hydrogen (secondary N) is 1. The fourth-order valence-electron chi connectivity index (χ4n) is 2.51. The molecule has 1 aliphatic heterocycles. The van der Waals surface area contributed by atoms with Crippen molar-refractivity contribution in [1.29, 1.82) is 0 Å². The van der Waals surface area contributed by atoms with Crippen LogP contribution in [0.3, 0.4) is 0 Å². The molecule has 0 saturated carbocycles. The maximum atomic E-state index is 13.4. The van der Waals surface area contributed by atoms with Crippen molar-refractivity contribution >= 4 is 0 Å². The third-order valence-corrected chi connectivity index (χ3v) is 3.53. The average Bonchev–Trinajstić information content (AvgIpc) is 2.30. The van der Waals surface area contributed by atoms with Gasteiger partial charge in [0.25, 0.3) is 0 Å². The second kappa shape index (κ2) is 5.58. The zero-order valence-electron chi connectivity index (χ0n) is 10.2. The lowest BCUT2D eigenvalue weighted by molar-refractivity contribution is 0.307. The minimum absolute atomic E-state index is 0.296. The summed E-state index contributed by atoms with van der Waals surface area (Å²) in [5.41, 5.74) is 0.491. The first-order chi connectivity index (χ1) is 8.15. The zero-order chi connectivity index (χ0) is 12.3. The van der Waals surface area contributed by atoms with E-state index in [4.69, 9.17) is 0 Å². The van der Waals surface area contributed by atoms with Gasteiger partial charge in [-0.3, -0.25) is 0 Å². The number of rotatable bonds is 3. The van der Waals surface area contributed by atoms with Crippen molar-refractivity contribution in [2.75, 3.05) is 6.54 Å². The first kappa shape index (κ1) is 12.5. The highest BCUT2D eigenvalue weighted by Gasteiger charge is 2.18. The molecule has 2 rings (SSSR count). The third kappa shape index (κ3) is 3.50. The van der Waals surface area contributed by atoms with Crippen LogP contribution >= 0.6 is 0 Å². The molecule has 1 N–H and O–H groups in total.